The van der Waals surface area contributed by atoms with E-state index in [1.54, 1.807) is 29.2 Å². The van der Waals surface area contributed by atoms with E-state index in [4.69, 9.17) is 6.42 Å². The fourth-order valence-electron chi connectivity index (χ4n) is 9.05. The highest BCUT2D eigenvalue weighted by Gasteiger charge is 2.51. The number of amides is 3. The van der Waals surface area contributed by atoms with Crippen LogP contribution in [0.15, 0.2) is 41.8 Å². The Morgan fingerprint density at radius 2 is 1.74 bits per heavy atom. The Morgan fingerprint density at radius 3 is 2.41 bits per heavy atom. The van der Waals surface area contributed by atoms with Crippen molar-refractivity contribution in [2.75, 3.05) is 13.1 Å². The topological polar surface area (TPSA) is 150 Å². The second-order valence-corrected chi connectivity index (χ2v) is 18.7. The molecule has 3 fully saturated rings. The number of nitrogens with zero attached hydrogens (tertiary/aromatic N) is 2. The van der Waals surface area contributed by atoms with Gasteiger partial charge in [0.15, 0.2) is 11.6 Å². The van der Waals surface area contributed by atoms with Gasteiger partial charge in [-0.05, 0) is 73.3 Å². The molecule has 12 heteroatoms. The van der Waals surface area contributed by atoms with Crippen LogP contribution in [0.1, 0.15) is 110 Å². The number of urea groups is 1. The van der Waals surface area contributed by atoms with E-state index < -0.39 is 57.1 Å². The van der Waals surface area contributed by atoms with Gasteiger partial charge >= 0.3 is 6.03 Å². The fourth-order valence-corrected chi connectivity index (χ4v) is 10.7. The van der Waals surface area contributed by atoms with Crippen LogP contribution in [0, 0.1) is 41.4 Å². The first kappa shape index (κ1) is 41.3. The fraction of sp³-hybridized carbons (Fsp3) is 0.643. The van der Waals surface area contributed by atoms with E-state index in [1.165, 1.54) is 4.31 Å². The number of hydrogen-bond donors (Lipinski definition) is 2. The monoisotopic (exact) mass is 762 g/mol. The Bertz CT molecular complexity index is 1740. The van der Waals surface area contributed by atoms with Crippen molar-refractivity contribution in [1.82, 2.24) is 19.8 Å². The summed E-state index contributed by atoms with van der Waals surface area (Å²) in [6.07, 6.45) is 14.7. The predicted octanol–water partition coefficient (Wildman–Crippen LogP) is 5.57. The number of allylic oxidation sites excluding steroid dienone is 1. The Morgan fingerprint density at radius 1 is 1.02 bits per heavy atom. The SMILES string of the molecule is C#CCCC(CC(=O)[C@@H]1[C@H]2CCC[C@H]2CN1C(=O)[C@@H](NC(=O)N[C@H](CN1Cc2ccccc2S1(=O)=O)C(C)(C)C)C1CCCCC1)C(=O)C(=O)CCC=C. The molecule has 1 aromatic carbocycles. The lowest BCUT2D eigenvalue weighted by atomic mass is 9.82. The van der Waals surface area contributed by atoms with Crippen molar-refractivity contribution < 1.29 is 32.4 Å². The summed E-state index contributed by atoms with van der Waals surface area (Å²) in [5.41, 5.74) is 0.180. The Labute approximate surface area is 321 Å². The highest BCUT2D eigenvalue weighted by Crippen LogP contribution is 2.44. The third-order valence-corrected chi connectivity index (χ3v) is 14.1. The zero-order valence-corrected chi connectivity index (χ0v) is 33.0. The minimum absolute atomic E-state index is 0.0240. The van der Waals surface area contributed by atoms with Crippen molar-refractivity contribution in [1.29, 1.82) is 0 Å². The summed E-state index contributed by atoms with van der Waals surface area (Å²) in [6, 6.07) is 4.11. The first-order chi connectivity index (χ1) is 25.7. The summed E-state index contributed by atoms with van der Waals surface area (Å²) in [5.74, 6) is -0.0770. The van der Waals surface area contributed by atoms with Crippen LogP contribution < -0.4 is 10.6 Å². The van der Waals surface area contributed by atoms with Gasteiger partial charge in [0.05, 0.1) is 10.9 Å². The van der Waals surface area contributed by atoms with Gasteiger partial charge < -0.3 is 15.5 Å². The molecule has 11 nitrogen and oxygen atoms in total. The second kappa shape index (κ2) is 17.8. The molecule has 2 N–H and O–H groups in total. The molecule has 0 radical (unpaired) electrons. The van der Waals surface area contributed by atoms with Crippen LogP contribution in [0.2, 0.25) is 0 Å². The molecule has 1 aromatic rings. The number of hydrogen-bond acceptors (Lipinski definition) is 7. The molecule has 2 heterocycles. The molecule has 54 heavy (non-hydrogen) atoms. The number of benzene rings is 1. The van der Waals surface area contributed by atoms with Crippen molar-refractivity contribution >= 4 is 39.3 Å². The first-order valence-electron chi connectivity index (χ1n) is 19.8. The van der Waals surface area contributed by atoms with E-state index in [1.807, 2.05) is 26.8 Å². The van der Waals surface area contributed by atoms with Gasteiger partial charge in [-0.25, -0.2) is 13.2 Å². The molecule has 2 aliphatic carbocycles. The van der Waals surface area contributed by atoms with E-state index in [0.717, 1.165) is 51.4 Å². The van der Waals surface area contributed by atoms with Gasteiger partial charge in [-0.1, -0.05) is 70.7 Å². The lowest BCUT2D eigenvalue weighted by molar-refractivity contribution is -0.143. The molecule has 6 atom stereocenters. The van der Waals surface area contributed by atoms with Crippen LogP contribution >= 0.6 is 0 Å². The van der Waals surface area contributed by atoms with Crippen molar-refractivity contribution in [2.24, 2.45) is 29.1 Å². The van der Waals surface area contributed by atoms with Crippen molar-refractivity contribution in [3.05, 3.63) is 42.5 Å². The van der Waals surface area contributed by atoms with Crippen LogP contribution in [0.25, 0.3) is 0 Å². The molecule has 2 saturated carbocycles. The maximum Gasteiger partial charge on any atom is 0.315 e. The van der Waals surface area contributed by atoms with Crippen LogP contribution in [0.3, 0.4) is 0 Å². The molecule has 294 valence electrons. The Hall–Kier alpha value is -3.82. The van der Waals surface area contributed by atoms with Crippen LogP contribution in [-0.2, 0) is 35.7 Å². The average Bonchev–Trinajstić information content (AvgIpc) is 3.82. The van der Waals surface area contributed by atoms with E-state index in [9.17, 15) is 32.4 Å². The minimum atomic E-state index is -3.74. The average molecular weight is 763 g/mol. The van der Waals surface area contributed by atoms with Gasteiger partial charge in [0.1, 0.15) is 6.04 Å². The summed E-state index contributed by atoms with van der Waals surface area (Å²) in [6.45, 7) is 10.1. The molecule has 0 aromatic heterocycles. The van der Waals surface area contributed by atoms with Crippen LogP contribution in [0.5, 0.6) is 0 Å². The van der Waals surface area contributed by atoms with Crippen molar-refractivity contribution in [2.45, 2.75) is 134 Å². The van der Waals surface area contributed by atoms with Crippen molar-refractivity contribution in [3.8, 4) is 12.3 Å². The first-order valence-corrected chi connectivity index (χ1v) is 21.2. The molecule has 5 rings (SSSR count). The predicted molar refractivity (Wildman–Crippen MR) is 206 cm³/mol. The minimum Gasteiger partial charge on any atom is -0.334 e. The molecular weight excluding hydrogens is 705 g/mol. The number of carbonyl (C=O) groups is 5. The number of Topliss-reactive ketones (excluding diaryl/α,β-unsaturated/α-hetero) is 3. The molecule has 0 spiro atoms. The van der Waals surface area contributed by atoms with E-state index in [0.29, 0.717) is 18.5 Å². The molecule has 4 aliphatic rings. The number of ketones is 3. The third kappa shape index (κ3) is 9.34. The molecule has 1 unspecified atom stereocenters. The zero-order valence-electron chi connectivity index (χ0n) is 32.2. The molecular formula is C42H58N4O7S. The Kier molecular flexibility index (Phi) is 13.6. The highest BCUT2D eigenvalue weighted by molar-refractivity contribution is 7.89. The molecule has 2 aliphatic heterocycles. The third-order valence-electron chi connectivity index (χ3n) is 12.2. The van der Waals surface area contributed by atoms with Crippen LogP contribution in [0.4, 0.5) is 4.79 Å². The molecule has 3 amide bonds. The normalized spacial score (nSPS) is 24.0. The zero-order chi connectivity index (χ0) is 39.2. The number of nitrogens with one attached hydrogen (secondary N) is 2. The summed E-state index contributed by atoms with van der Waals surface area (Å²) in [7, 11) is -3.74. The van der Waals surface area contributed by atoms with Gasteiger partial charge in [0.25, 0.3) is 0 Å². The number of terminal acetylenes is 1. The van der Waals surface area contributed by atoms with Gasteiger partial charge in [-0.15, -0.1) is 18.9 Å². The number of fused-ring (bicyclic) bond motifs is 2. The molecule has 0 bridgehead atoms. The quantitative estimate of drug-likeness (QED) is 0.127. The molecule has 1 saturated heterocycles. The van der Waals surface area contributed by atoms with E-state index in [2.05, 4.69) is 23.1 Å². The van der Waals surface area contributed by atoms with Crippen molar-refractivity contribution in [3.63, 3.8) is 0 Å². The number of rotatable bonds is 16. The van der Waals surface area contributed by atoms with Gasteiger partial charge in [-0.2, -0.15) is 4.31 Å². The van der Waals surface area contributed by atoms with Crippen LogP contribution in [-0.4, -0.2) is 78.1 Å². The summed E-state index contributed by atoms with van der Waals surface area (Å²) < 4.78 is 28.2. The van der Waals surface area contributed by atoms with Gasteiger partial charge in [0, 0.05) is 50.9 Å². The maximum absolute atomic E-state index is 14.8. The lowest BCUT2D eigenvalue weighted by Crippen LogP contribution is -2.60. The highest BCUT2D eigenvalue weighted by atomic mass is 32.2. The lowest BCUT2D eigenvalue weighted by Gasteiger charge is -2.37. The summed E-state index contributed by atoms with van der Waals surface area (Å²) in [5, 5.41) is 6.06. The Balaban J connectivity index is 1.36. The number of sulfonamides is 1. The number of carbonyl (C=O) groups excluding carboxylic acids is 5. The standard InChI is InChI=1S/C42H58N4O7S/c1-6-8-16-29(39(49)33(47)22-9-7-2)24-34(48)38-32-21-15-20-30(32)26-46(38)40(50)37(28-17-11-10-12-18-28)44-41(51)43-36(42(3,4)5)27-45-25-31-19-13-14-23-35(31)54(45,52)53/h1,7,13-14,19,23,28-30,32,36-38H,2,8-12,15-18,20-22,24-27H2,3-5H3,(H2,43,44,51)/t29?,30-,32-,36+,37-,38-/m0/s1. The maximum atomic E-state index is 14.8. The summed E-state index contributed by atoms with van der Waals surface area (Å²) >= 11 is 0. The van der Waals surface area contributed by atoms with E-state index >= 15 is 0 Å². The number of likely N-dealkylation sites (tertiary alicyclic amines) is 1. The largest absolute Gasteiger partial charge is 0.334 e. The second-order valence-electron chi connectivity index (χ2n) is 16.8. The van der Waals surface area contributed by atoms with Gasteiger partial charge in [-0.3, -0.25) is 19.2 Å². The van der Waals surface area contributed by atoms with Gasteiger partial charge in [0.2, 0.25) is 21.7 Å². The summed E-state index contributed by atoms with van der Waals surface area (Å²) in [4.78, 5) is 71.0. The van der Waals surface area contributed by atoms with E-state index in [-0.39, 0.29) is 73.1 Å². The smallest absolute Gasteiger partial charge is 0.315 e.